The Morgan fingerprint density at radius 2 is 2.08 bits per heavy atom. The summed E-state index contributed by atoms with van der Waals surface area (Å²) in [5.41, 5.74) is 0.847. The maximum absolute atomic E-state index is 12.1. The second-order valence-electron chi connectivity index (χ2n) is 7.89. The number of ether oxygens (including phenoxy) is 1. The van der Waals surface area contributed by atoms with E-state index in [9.17, 15) is 4.79 Å². The molecule has 142 valence electrons. The Morgan fingerprint density at radius 3 is 2.73 bits per heavy atom. The van der Waals surface area contributed by atoms with Gasteiger partial charge in [-0.1, -0.05) is 51.9 Å². The summed E-state index contributed by atoms with van der Waals surface area (Å²) in [4.78, 5) is 16.4. The van der Waals surface area contributed by atoms with Crippen LogP contribution in [-0.4, -0.2) is 22.7 Å². The van der Waals surface area contributed by atoms with Crippen molar-refractivity contribution in [2.75, 3.05) is 6.61 Å². The van der Waals surface area contributed by atoms with Gasteiger partial charge in [-0.15, -0.1) is 0 Å². The van der Waals surface area contributed by atoms with Gasteiger partial charge in [-0.3, -0.25) is 4.79 Å². The molecule has 6 nitrogen and oxygen atoms in total. The highest BCUT2D eigenvalue weighted by Crippen LogP contribution is 2.19. The van der Waals surface area contributed by atoms with E-state index < -0.39 is 0 Å². The molecule has 0 spiro atoms. The summed E-state index contributed by atoms with van der Waals surface area (Å²) in [7, 11) is 0. The molecule has 1 amide bonds. The molecule has 2 aromatic rings. The predicted molar refractivity (Wildman–Crippen MR) is 99.9 cm³/mol. The zero-order valence-electron chi connectivity index (χ0n) is 16.3. The van der Waals surface area contributed by atoms with Gasteiger partial charge in [0.05, 0.1) is 6.61 Å². The predicted octanol–water partition coefficient (Wildman–Crippen LogP) is 3.65. The molecule has 2 rings (SSSR count). The first-order valence-electron chi connectivity index (χ1n) is 9.05. The van der Waals surface area contributed by atoms with E-state index in [0.29, 0.717) is 43.6 Å². The third-order valence-electron chi connectivity index (χ3n) is 3.68. The van der Waals surface area contributed by atoms with Gasteiger partial charge in [-0.25, -0.2) is 0 Å². The van der Waals surface area contributed by atoms with E-state index in [0.717, 1.165) is 11.3 Å². The smallest absolute Gasteiger partial charge is 0.227 e. The third-order valence-corrected chi connectivity index (χ3v) is 3.68. The summed E-state index contributed by atoms with van der Waals surface area (Å²) < 4.78 is 10.9. The molecule has 0 bridgehead atoms. The number of amides is 1. The second-order valence-corrected chi connectivity index (χ2v) is 7.89. The topological polar surface area (TPSA) is 77.2 Å². The lowest BCUT2D eigenvalue weighted by Gasteiger charge is -2.11. The van der Waals surface area contributed by atoms with Crippen LogP contribution in [-0.2, 0) is 23.2 Å². The number of rotatable bonds is 8. The van der Waals surface area contributed by atoms with E-state index in [1.165, 1.54) is 0 Å². The van der Waals surface area contributed by atoms with Gasteiger partial charge in [0, 0.05) is 24.8 Å². The number of carbonyl (C=O) groups excluding carboxylic acids is 1. The lowest BCUT2D eigenvalue weighted by Crippen LogP contribution is -2.23. The summed E-state index contributed by atoms with van der Waals surface area (Å²) in [6, 6.07) is 7.78. The van der Waals surface area contributed by atoms with Gasteiger partial charge in [0.15, 0.2) is 5.82 Å². The van der Waals surface area contributed by atoms with Crippen LogP contribution in [0.25, 0.3) is 0 Å². The summed E-state index contributed by atoms with van der Waals surface area (Å²) in [6.07, 6.45) is 0.752. The Morgan fingerprint density at radius 1 is 1.31 bits per heavy atom. The first kappa shape index (κ1) is 19.9. The number of carbonyl (C=O) groups is 1. The summed E-state index contributed by atoms with van der Waals surface area (Å²) in [5, 5.41) is 6.88. The number of hydrogen-bond acceptors (Lipinski definition) is 5. The van der Waals surface area contributed by atoms with Crippen LogP contribution in [0, 0.1) is 5.92 Å². The molecule has 1 N–H and O–H groups in total. The summed E-state index contributed by atoms with van der Waals surface area (Å²) in [5.74, 6) is 2.40. The molecule has 6 heteroatoms. The quantitative estimate of drug-likeness (QED) is 0.778. The Kier molecular flexibility index (Phi) is 6.77. The van der Waals surface area contributed by atoms with Gasteiger partial charge in [0.2, 0.25) is 11.8 Å². The van der Waals surface area contributed by atoms with Crippen molar-refractivity contribution < 1.29 is 14.1 Å². The Bertz CT molecular complexity index is 717. The van der Waals surface area contributed by atoms with E-state index in [1.807, 2.05) is 45.0 Å². The maximum atomic E-state index is 12.1. The van der Waals surface area contributed by atoms with Crippen LogP contribution in [0.2, 0.25) is 0 Å². The molecule has 26 heavy (non-hydrogen) atoms. The molecule has 0 aliphatic rings. The Labute approximate surface area is 155 Å². The number of hydrogen-bond donors (Lipinski definition) is 1. The average Bonchev–Trinajstić information content (AvgIpc) is 3.06. The van der Waals surface area contributed by atoms with Crippen LogP contribution >= 0.6 is 0 Å². The van der Waals surface area contributed by atoms with Crippen molar-refractivity contribution in [3.63, 3.8) is 0 Å². The number of nitrogens with zero attached hydrogens (tertiary/aromatic N) is 2. The second kappa shape index (κ2) is 8.83. The fourth-order valence-electron chi connectivity index (χ4n) is 2.18. The van der Waals surface area contributed by atoms with Gasteiger partial charge >= 0.3 is 0 Å². The zero-order chi connectivity index (χ0) is 19.2. The first-order chi connectivity index (χ1) is 12.2. The minimum Gasteiger partial charge on any atom is -0.493 e. The van der Waals surface area contributed by atoms with Gasteiger partial charge in [-0.05, 0) is 23.6 Å². The minimum atomic E-state index is -0.160. The molecule has 1 aromatic carbocycles. The lowest BCUT2D eigenvalue weighted by atomic mass is 9.96. The SMILES string of the molecule is CC(C)COc1cccc(CNC(=O)CCc2nc(C(C)(C)C)no2)c1. The molecule has 0 saturated carbocycles. The molecule has 0 saturated heterocycles. The first-order valence-corrected chi connectivity index (χ1v) is 9.05. The van der Waals surface area contributed by atoms with E-state index in [1.54, 1.807) is 0 Å². The number of benzene rings is 1. The maximum Gasteiger partial charge on any atom is 0.227 e. The third kappa shape index (κ3) is 6.50. The van der Waals surface area contributed by atoms with E-state index in [2.05, 4.69) is 29.3 Å². The van der Waals surface area contributed by atoms with Crippen molar-refractivity contribution >= 4 is 5.91 Å². The Balaban J connectivity index is 1.78. The normalized spacial score (nSPS) is 11.6. The van der Waals surface area contributed by atoms with Crippen molar-refractivity contribution in [1.29, 1.82) is 0 Å². The van der Waals surface area contributed by atoms with E-state index in [4.69, 9.17) is 9.26 Å². The van der Waals surface area contributed by atoms with Crippen molar-refractivity contribution in [3.05, 3.63) is 41.5 Å². The zero-order valence-corrected chi connectivity index (χ0v) is 16.3. The molecule has 1 aromatic heterocycles. The largest absolute Gasteiger partial charge is 0.493 e. The van der Waals surface area contributed by atoms with Crippen molar-refractivity contribution in [2.24, 2.45) is 5.92 Å². The average molecular weight is 359 g/mol. The van der Waals surface area contributed by atoms with Gasteiger partial charge in [0.1, 0.15) is 5.75 Å². The van der Waals surface area contributed by atoms with Crippen LogP contribution in [0.15, 0.2) is 28.8 Å². The number of aromatic nitrogens is 2. The van der Waals surface area contributed by atoms with Crippen LogP contribution in [0.1, 0.15) is 58.3 Å². The fraction of sp³-hybridized carbons (Fsp3) is 0.550. The Hall–Kier alpha value is -2.37. The van der Waals surface area contributed by atoms with Crippen molar-refractivity contribution in [1.82, 2.24) is 15.5 Å². The van der Waals surface area contributed by atoms with Crippen LogP contribution < -0.4 is 10.1 Å². The molecule has 0 aliphatic heterocycles. The van der Waals surface area contributed by atoms with Gasteiger partial charge in [0.25, 0.3) is 0 Å². The molecular formula is C20H29N3O3. The molecule has 0 atom stereocenters. The van der Waals surface area contributed by atoms with Crippen LogP contribution in [0.5, 0.6) is 5.75 Å². The lowest BCUT2D eigenvalue weighted by molar-refractivity contribution is -0.121. The molecule has 0 aliphatic carbocycles. The number of nitrogens with one attached hydrogen (secondary N) is 1. The molecule has 1 heterocycles. The standard InChI is InChI=1S/C20H29N3O3/c1-14(2)13-25-16-8-6-7-15(11-16)12-21-17(24)9-10-18-22-19(23-26-18)20(3,4)5/h6-8,11,14H,9-10,12-13H2,1-5H3,(H,21,24). The molecule has 0 fully saturated rings. The van der Waals surface area contributed by atoms with Crippen molar-refractivity contribution in [3.8, 4) is 5.75 Å². The van der Waals surface area contributed by atoms with Crippen molar-refractivity contribution in [2.45, 2.75) is 59.4 Å². The highest BCUT2D eigenvalue weighted by molar-refractivity contribution is 5.76. The molecule has 0 unspecified atom stereocenters. The van der Waals surface area contributed by atoms with Gasteiger partial charge < -0.3 is 14.6 Å². The van der Waals surface area contributed by atoms with E-state index in [-0.39, 0.29) is 11.3 Å². The van der Waals surface area contributed by atoms with Crippen LogP contribution in [0.3, 0.4) is 0 Å². The monoisotopic (exact) mass is 359 g/mol. The highest BCUT2D eigenvalue weighted by atomic mass is 16.5. The molecular weight excluding hydrogens is 330 g/mol. The van der Waals surface area contributed by atoms with Crippen LogP contribution in [0.4, 0.5) is 0 Å². The van der Waals surface area contributed by atoms with Gasteiger partial charge in [-0.2, -0.15) is 4.98 Å². The highest BCUT2D eigenvalue weighted by Gasteiger charge is 2.21. The summed E-state index contributed by atoms with van der Waals surface area (Å²) >= 11 is 0. The van der Waals surface area contributed by atoms with E-state index >= 15 is 0 Å². The molecule has 0 radical (unpaired) electrons. The number of aryl methyl sites for hydroxylation is 1. The summed E-state index contributed by atoms with van der Waals surface area (Å²) in [6.45, 7) is 11.4. The fourth-order valence-corrected chi connectivity index (χ4v) is 2.18. The minimum absolute atomic E-state index is 0.0472.